The highest BCUT2D eigenvalue weighted by molar-refractivity contribution is 6.04. The molecule has 0 bridgehead atoms. The number of ether oxygens (including phenoxy) is 1. The van der Waals surface area contributed by atoms with Crippen LogP contribution in [0.3, 0.4) is 0 Å². The Morgan fingerprint density at radius 1 is 1.02 bits per heavy atom. The number of fused-ring (bicyclic) bond motifs is 1. The van der Waals surface area contributed by atoms with Crippen molar-refractivity contribution >= 4 is 28.8 Å². The van der Waals surface area contributed by atoms with Crippen LogP contribution in [0.25, 0.3) is 11.0 Å². The van der Waals surface area contributed by atoms with E-state index in [4.69, 9.17) is 9.72 Å². The maximum absolute atomic E-state index is 13.5. The molecule has 3 aromatic rings. The van der Waals surface area contributed by atoms with Gasteiger partial charge in [-0.05, 0) is 88.8 Å². The molecule has 2 aliphatic heterocycles. The number of hydrogen-bond acceptors (Lipinski definition) is 6. The highest BCUT2D eigenvalue weighted by atomic mass is 16.5. The van der Waals surface area contributed by atoms with Gasteiger partial charge in [-0.3, -0.25) is 24.8 Å². The average Bonchev–Trinajstić information content (AvgIpc) is 3.44. The molecule has 0 saturated carbocycles. The van der Waals surface area contributed by atoms with E-state index in [1.165, 1.54) is 5.56 Å². The van der Waals surface area contributed by atoms with E-state index in [0.29, 0.717) is 18.1 Å². The number of methoxy groups -OCH3 is 1. The molecule has 5 rings (SSSR count). The monoisotopic (exact) mass is 558 g/mol. The number of amides is 2. The average molecular weight is 559 g/mol. The first-order valence-electron chi connectivity index (χ1n) is 14.7. The Hall–Kier alpha value is -3.56. The van der Waals surface area contributed by atoms with Crippen LogP contribution in [0.5, 0.6) is 0 Å². The van der Waals surface area contributed by atoms with Crippen molar-refractivity contribution in [3.63, 3.8) is 0 Å². The van der Waals surface area contributed by atoms with Gasteiger partial charge in [0.15, 0.2) is 0 Å². The Bertz CT molecular complexity index is 1440. The normalized spacial score (nSPS) is 20.2. The summed E-state index contributed by atoms with van der Waals surface area (Å²) in [5.41, 5.74) is 6.31. The lowest BCUT2D eigenvalue weighted by molar-refractivity contribution is -0.126. The van der Waals surface area contributed by atoms with Crippen LogP contribution in [0.1, 0.15) is 71.5 Å². The van der Waals surface area contributed by atoms with E-state index in [9.17, 15) is 9.59 Å². The molecule has 41 heavy (non-hydrogen) atoms. The summed E-state index contributed by atoms with van der Waals surface area (Å²) < 4.78 is 7.74. The first kappa shape index (κ1) is 29.0. The number of aromatic nitrogens is 3. The third kappa shape index (κ3) is 6.52. The number of imidazole rings is 1. The third-order valence-electron chi connectivity index (χ3n) is 8.21. The highest BCUT2D eigenvalue weighted by Crippen LogP contribution is 2.33. The summed E-state index contributed by atoms with van der Waals surface area (Å²) >= 11 is 0. The molecule has 2 amide bonds. The van der Waals surface area contributed by atoms with E-state index in [2.05, 4.69) is 38.8 Å². The Morgan fingerprint density at radius 2 is 1.80 bits per heavy atom. The molecule has 0 aliphatic carbocycles. The van der Waals surface area contributed by atoms with Gasteiger partial charge in [-0.1, -0.05) is 12.1 Å². The molecule has 1 aromatic carbocycles. The summed E-state index contributed by atoms with van der Waals surface area (Å²) in [6.07, 6.45) is 7.59. The van der Waals surface area contributed by atoms with Gasteiger partial charge < -0.3 is 14.2 Å². The molecule has 9 heteroatoms. The van der Waals surface area contributed by atoms with Crippen molar-refractivity contribution in [2.75, 3.05) is 38.6 Å². The molecular weight excluding hydrogens is 516 g/mol. The zero-order valence-corrected chi connectivity index (χ0v) is 24.9. The second kappa shape index (κ2) is 12.5. The molecule has 218 valence electrons. The Morgan fingerprint density at radius 3 is 2.51 bits per heavy atom. The Kier molecular flexibility index (Phi) is 8.85. The predicted octanol–water partition coefficient (Wildman–Crippen LogP) is 4.96. The maximum atomic E-state index is 13.5. The van der Waals surface area contributed by atoms with E-state index in [1.807, 2.05) is 25.7 Å². The number of nitrogens with zero attached hydrogens (tertiary/aromatic N) is 5. The fourth-order valence-corrected chi connectivity index (χ4v) is 6.35. The molecule has 4 heterocycles. The van der Waals surface area contributed by atoms with Crippen molar-refractivity contribution in [3.05, 3.63) is 64.5 Å². The van der Waals surface area contributed by atoms with E-state index < -0.39 is 0 Å². The van der Waals surface area contributed by atoms with Gasteiger partial charge in [0.2, 0.25) is 11.9 Å². The molecule has 2 aliphatic rings. The van der Waals surface area contributed by atoms with Crippen LogP contribution >= 0.6 is 0 Å². The summed E-state index contributed by atoms with van der Waals surface area (Å²) in [6.45, 7) is 11.8. The molecule has 0 spiro atoms. The zero-order chi connectivity index (χ0) is 29.1. The minimum Gasteiger partial charge on any atom is -0.380 e. The standard InChI is InChI=1S/C32H42N6O3/c1-6-9-29(39)37-12-8-7-10-26(19-37)38-30-21(2)14-24(18-36-13-11-27(20-36)41-5)17-28(30)34-32(38)35-31(40)25-15-22(3)33-23(4)16-25/h6,9,14-17,26-27H,7-8,10-13,18-20H2,1-5H3,(H,34,35,40)/b9-6+/t26?,27-/m0/s1. The van der Waals surface area contributed by atoms with Crippen molar-refractivity contribution in [1.82, 2.24) is 24.3 Å². The summed E-state index contributed by atoms with van der Waals surface area (Å²) in [5, 5.41) is 3.13. The van der Waals surface area contributed by atoms with Gasteiger partial charge in [0, 0.05) is 56.8 Å². The Labute approximate surface area is 242 Å². The number of carbonyl (C=O) groups is 2. The van der Waals surface area contributed by atoms with E-state index in [1.54, 1.807) is 31.4 Å². The van der Waals surface area contributed by atoms with Crippen molar-refractivity contribution in [3.8, 4) is 0 Å². The Balaban J connectivity index is 1.54. The minimum atomic E-state index is -0.217. The van der Waals surface area contributed by atoms with E-state index in [-0.39, 0.29) is 24.0 Å². The number of anilines is 1. The van der Waals surface area contributed by atoms with Crippen molar-refractivity contribution in [2.45, 2.75) is 72.1 Å². The maximum Gasteiger partial charge on any atom is 0.258 e. The fraction of sp³-hybridized carbons (Fsp3) is 0.500. The SMILES string of the molecule is C/C=C/C(=O)N1CCCCC(n2c(NC(=O)c3cc(C)nc(C)c3)nc3cc(CN4CC[C@H](OC)C4)cc(C)c32)C1. The highest BCUT2D eigenvalue weighted by Gasteiger charge is 2.28. The number of hydrogen-bond donors (Lipinski definition) is 1. The number of likely N-dealkylation sites (tertiary alicyclic amines) is 2. The summed E-state index contributed by atoms with van der Waals surface area (Å²) in [6, 6.07) is 7.96. The molecule has 2 aromatic heterocycles. The smallest absolute Gasteiger partial charge is 0.258 e. The molecule has 2 fully saturated rings. The number of aryl methyl sites for hydroxylation is 3. The molecular formula is C32H42N6O3. The lowest BCUT2D eigenvalue weighted by atomic mass is 10.1. The number of nitrogens with one attached hydrogen (secondary N) is 1. The van der Waals surface area contributed by atoms with Crippen LogP contribution in [0.15, 0.2) is 36.4 Å². The minimum absolute atomic E-state index is 0.0153. The second-order valence-electron chi connectivity index (χ2n) is 11.5. The fourth-order valence-electron chi connectivity index (χ4n) is 6.35. The van der Waals surface area contributed by atoms with E-state index >= 15 is 0 Å². The molecule has 9 nitrogen and oxygen atoms in total. The number of allylic oxidation sites excluding steroid dienone is 1. The van der Waals surface area contributed by atoms with Gasteiger partial charge in [0.25, 0.3) is 5.91 Å². The molecule has 1 unspecified atom stereocenters. The van der Waals surface area contributed by atoms with Gasteiger partial charge in [-0.25, -0.2) is 4.98 Å². The van der Waals surface area contributed by atoms with Crippen LogP contribution in [0, 0.1) is 20.8 Å². The van der Waals surface area contributed by atoms with Crippen molar-refractivity contribution in [1.29, 1.82) is 0 Å². The first-order chi connectivity index (χ1) is 19.7. The summed E-state index contributed by atoms with van der Waals surface area (Å²) in [4.78, 5) is 40.2. The van der Waals surface area contributed by atoms with Crippen LogP contribution in [0.4, 0.5) is 5.95 Å². The zero-order valence-electron chi connectivity index (χ0n) is 24.9. The van der Waals surface area contributed by atoms with Gasteiger partial charge in [-0.15, -0.1) is 0 Å². The number of pyridine rings is 1. The quantitative estimate of drug-likeness (QED) is 0.412. The predicted molar refractivity (Wildman–Crippen MR) is 161 cm³/mol. The van der Waals surface area contributed by atoms with Gasteiger partial charge in [0.1, 0.15) is 0 Å². The molecule has 2 atom stereocenters. The van der Waals surface area contributed by atoms with Crippen LogP contribution in [-0.4, -0.2) is 75.5 Å². The van der Waals surface area contributed by atoms with Crippen molar-refractivity contribution < 1.29 is 14.3 Å². The first-order valence-corrected chi connectivity index (χ1v) is 14.7. The van der Waals surface area contributed by atoms with Crippen LogP contribution < -0.4 is 5.32 Å². The van der Waals surface area contributed by atoms with E-state index in [0.717, 1.165) is 79.8 Å². The van der Waals surface area contributed by atoms with Gasteiger partial charge >= 0.3 is 0 Å². The number of carbonyl (C=O) groups excluding carboxylic acids is 2. The van der Waals surface area contributed by atoms with Gasteiger partial charge in [0.05, 0.1) is 23.2 Å². The van der Waals surface area contributed by atoms with Crippen LogP contribution in [0.2, 0.25) is 0 Å². The molecule has 1 N–H and O–H groups in total. The van der Waals surface area contributed by atoms with Gasteiger partial charge in [-0.2, -0.15) is 0 Å². The van der Waals surface area contributed by atoms with Crippen molar-refractivity contribution in [2.24, 2.45) is 0 Å². The lowest BCUT2D eigenvalue weighted by Crippen LogP contribution is -2.34. The number of rotatable bonds is 7. The largest absolute Gasteiger partial charge is 0.380 e. The number of benzene rings is 1. The van der Waals surface area contributed by atoms with Crippen LogP contribution in [-0.2, 0) is 16.1 Å². The molecule has 2 saturated heterocycles. The summed E-state index contributed by atoms with van der Waals surface area (Å²) in [5.74, 6) is 0.325. The second-order valence-corrected chi connectivity index (χ2v) is 11.5. The topological polar surface area (TPSA) is 92.6 Å². The molecule has 0 radical (unpaired) electrons. The lowest BCUT2D eigenvalue weighted by Gasteiger charge is -2.26. The third-order valence-corrected chi connectivity index (χ3v) is 8.21. The summed E-state index contributed by atoms with van der Waals surface area (Å²) in [7, 11) is 1.78.